The second kappa shape index (κ2) is 6.22. The lowest BCUT2D eigenvalue weighted by molar-refractivity contribution is 1.06. The number of aryl methyl sites for hydroxylation is 2. The number of aromatic nitrogens is 3. The van der Waals surface area contributed by atoms with Crippen LogP contribution in [-0.2, 0) is 0 Å². The van der Waals surface area contributed by atoms with Gasteiger partial charge in [-0.05, 0) is 49.2 Å². The Labute approximate surface area is 129 Å². The van der Waals surface area contributed by atoms with Crippen LogP contribution in [0, 0.1) is 13.8 Å². The molecule has 0 spiro atoms. The Morgan fingerprint density at radius 2 is 1.41 bits per heavy atom. The van der Waals surface area contributed by atoms with Crippen LogP contribution < -0.4 is 10.6 Å². The number of nitrogens with one attached hydrogen (secondary N) is 2. The Kier molecular flexibility index (Phi) is 3.96. The average Bonchev–Trinajstić information content (AvgIpc) is 2.52. The fourth-order valence-electron chi connectivity index (χ4n) is 2.02. The molecule has 0 saturated heterocycles. The predicted molar refractivity (Wildman–Crippen MR) is 88.8 cm³/mol. The zero-order valence-electron chi connectivity index (χ0n) is 12.5. The van der Waals surface area contributed by atoms with Crippen molar-refractivity contribution < 1.29 is 0 Å². The van der Waals surface area contributed by atoms with Crippen molar-refractivity contribution in [3.8, 4) is 0 Å². The minimum absolute atomic E-state index is 0.507. The summed E-state index contributed by atoms with van der Waals surface area (Å²) in [5.74, 6) is 1.02. The molecular formula is C17H17N5. The molecule has 5 heteroatoms. The van der Waals surface area contributed by atoms with Gasteiger partial charge in [-0.25, -0.2) is 9.97 Å². The molecule has 3 rings (SSSR count). The lowest BCUT2D eigenvalue weighted by atomic mass is 10.1. The van der Waals surface area contributed by atoms with E-state index >= 15 is 0 Å². The van der Waals surface area contributed by atoms with Crippen LogP contribution in [0.25, 0.3) is 0 Å². The maximum Gasteiger partial charge on any atom is 0.232 e. The second-order valence-electron chi connectivity index (χ2n) is 5.05. The van der Waals surface area contributed by atoms with Crippen LogP contribution in [0.2, 0.25) is 0 Å². The molecule has 2 aromatic carbocycles. The van der Waals surface area contributed by atoms with Gasteiger partial charge in [0.25, 0.3) is 0 Å². The van der Waals surface area contributed by atoms with Crippen molar-refractivity contribution in [2.45, 2.75) is 13.8 Å². The number of rotatable bonds is 4. The van der Waals surface area contributed by atoms with E-state index in [4.69, 9.17) is 0 Å². The van der Waals surface area contributed by atoms with Crippen molar-refractivity contribution >= 4 is 23.3 Å². The van der Waals surface area contributed by atoms with Gasteiger partial charge >= 0.3 is 0 Å². The SMILES string of the molecule is Cc1ccc(Nc2ncnc(Nc3ccccc3)n2)cc1C. The highest BCUT2D eigenvalue weighted by atomic mass is 15.2. The maximum atomic E-state index is 4.37. The van der Waals surface area contributed by atoms with Crippen molar-refractivity contribution in [3.63, 3.8) is 0 Å². The van der Waals surface area contributed by atoms with Gasteiger partial charge in [0, 0.05) is 11.4 Å². The third-order valence-electron chi connectivity index (χ3n) is 3.36. The van der Waals surface area contributed by atoms with Crippen LogP contribution in [0.5, 0.6) is 0 Å². The number of benzene rings is 2. The van der Waals surface area contributed by atoms with E-state index in [1.165, 1.54) is 17.5 Å². The molecule has 0 fully saturated rings. The molecule has 1 aromatic heterocycles. The monoisotopic (exact) mass is 291 g/mol. The Hall–Kier alpha value is -2.95. The summed E-state index contributed by atoms with van der Waals surface area (Å²) in [6, 6.07) is 15.9. The highest BCUT2D eigenvalue weighted by Gasteiger charge is 2.03. The summed E-state index contributed by atoms with van der Waals surface area (Å²) in [5, 5.41) is 6.34. The van der Waals surface area contributed by atoms with Crippen LogP contribution in [0.1, 0.15) is 11.1 Å². The van der Waals surface area contributed by atoms with Crippen molar-refractivity contribution in [1.29, 1.82) is 0 Å². The van der Waals surface area contributed by atoms with E-state index < -0.39 is 0 Å². The Morgan fingerprint density at radius 3 is 2.09 bits per heavy atom. The van der Waals surface area contributed by atoms with E-state index in [0.29, 0.717) is 11.9 Å². The minimum Gasteiger partial charge on any atom is -0.324 e. The molecule has 0 radical (unpaired) electrons. The molecule has 0 bridgehead atoms. The number of anilines is 4. The summed E-state index contributed by atoms with van der Waals surface area (Å²) in [6.07, 6.45) is 1.49. The van der Waals surface area contributed by atoms with E-state index in [9.17, 15) is 0 Å². The van der Waals surface area contributed by atoms with Crippen molar-refractivity contribution in [2.75, 3.05) is 10.6 Å². The third kappa shape index (κ3) is 3.38. The van der Waals surface area contributed by atoms with Gasteiger partial charge < -0.3 is 10.6 Å². The Balaban J connectivity index is 1.77. The van der Waals surface area contributed by atoms with Gasteiger partial charge in [0.05, 0.1) is 0 Å². The highest BCUT2D eigenvalue weighted by Crippen LogP contribution is 2.18. The first-order chi connectivity index (χ1) is 10.7. The number of nitrogens with zero attached hydrogens (tertiary/aromatic N) is 3. The number of hydrogen-bond acceptors (Lipinski definition) is 5. The molecule has 2 N–H and O–H groups in total. The molecule has 0 saturated carbocycles. The molecular weight excluding hydrogens is 274 g/mol. The smallest absolute Gasteiger partial charge is 0.232 e. The summed E-state index contributed by atoms with van der Waals surface area (Å²) in [7, 11) is 0. The molecule has 5 nitrogen and oxygen atoms in total. The lowest BCUT2D eigenvalue weighted by Gasteiger charge is -2.09. The first-order valence-corrected chi connectivity index (χ1v) is 7.06. The van der Waals surface area contributed by atoms with Crippen molar-refractivity contribution in [1.82, 2.24) is 15.0 Å². The van der Waals surface area contributed by atoms with Crippen LogP contribution in [0.4, 0.5) is 23.3 Å². The van der Waals surface area contributed by atoms with Gasteiger partial charge in [-0.2, -0.15) is 4.98 Å². The van der Waals surface area contributed by atoms with Crippen molar-refractivity contribution in [3.05, 3.63) is 66.0 Å². The number of para-hydroxylation sites is 1. The van der Waals surface area contributed by atoms with Crippen LogP contribution in [-0.4, -0.2) is 15.0 Å². The lowest BCUT2D eigenvalue weighted by Crippen LogP contribution is -2.02. The Bertz CT molecular complexity index is 771. The molecule has 1 heterocycles. The summed E-state index contributed by atoms with van der Waals surface area (Å²) >= 11 is 0. The molecule has 0 aliphatic heterocycles. The molecule has 110 valence electrons. The first kappa shape index (κ1) is 14.0. The highest BCUT2D eigenvalue weighted by molar-refractivity contribution is 5.58. The standard InChI is InChI=1S/C17H17N5/c1-12-8-9-15(10-13(12)2)21-17-19-11-18-16(22-17)20-14-6-4-3-5-7-14/h3-11H,1-2H3,(H2,18,19,20,21,22). The quantitative estimate of drug-likeness (QED) is 0.761. The Morgan fingerprint density at radius 1 is 0.727 bits per heavy atom. The van der Waals surface area contributed by atoms with Crippen molar-refractivity contribution in [2.24, 2.45) is 0 Å². The van der Waals surface area contributed by atoms with Gasteiger partial charge in [-0.3, -0.25) is 0 Å². The van der Waals surface area contributed by atoms with Gasteiger partial charge in [-0.15, -0.1) is 0 Å². The molecule has 0 aliphatic rings. The zero-order chi connectivity index (χ0) is 15.4. The summed E-state index contributed by atoms with van der Waals surface area (Å²) in [6.45, 7) is 4.17. The normalized spacial score (nSPS) is 10.3. The maximum absolute atomic E-state index is 4.37. The molecule has 0 unspecified atom stereocenters. The van der Waals surface area contributed by atoms with E-state index in [0.717, 1.165) is 11.4 Å². The van der Waals surface area contributed by atoms with E-state index in [-0.39, 0.29) is 0 Å². The van der Waals surface area contributed by atoms with E-state index in [1.54, 1.807) is 0 Å². The molecule has 22 heavy (non-hydrogen) atoms. The molecule has 0 atom stereocenters. The first-order valence-electron chi connectivity index (χ1n) is 7.06. The van der Waals surface area contributed by atoms with Crippen LogP contribution >= 0.6 is 0 Å². The fourth-order valence-corrected chi connectivity index (χ4v) is 2.02. The summed E-state index contributed by atoms with van der Waals surface area (Å²) in [4.78, 5) is 12.7. The van der Waals surface area contributed by atoms with Crippen LogP contribution in [0.3, 0.4) is 0 Å². The second-order valence-corrected chi connectivity index (χ2v) is 5.05. The minimum atomic E-state index is 0.507. The predicted octanol–water partition coefficient (Wildman–Crippen LogP) is 3.98. The average molecular weight is 291 g/mol. The van der Waals surface area contributed by atoms with Gasteiger partial charge in [0.2, 0.25) is 11.9 Å². The van der Waals surface area contributed by atoms with Gasteiger partial charge in [-0.1, -0.05) is 24.3 Å². The molecule has 0 aliphatic carbocycles. The topological polar surface area (TPSA) is 62.7 Å². The zero-order valence-corrected chi connectivity index (χ0v) is 12.5. The molecule has 3 aromatic rings. The third-order valence-corrected chi connectivity index (χ3v) is 3.36. The fraction of sp³-hybridized carbons (Fsp3) is 0.118. The summed E-state index contributed by atoms with van der Waals surface area (Å²) < 4.78 is 0. The largest absolute Gasteiger partial charge is 0.324 e. The van der Waals surface area contributed by atoms with Gasteiger partial charge in [0.15, 0.2) is 0 Å². The van der Waals surface area contributed by atoms with Gasteiger partial charge in [0.1, 0.15) is 6.33 Å². The van der Waals surface area contributed by atoms with Crippen LogP contribution in [0.15, 0.2) is 54.9 Å². The number of hydrogen-bond donors (Lipinski definition) is 2. The van der Waals surface area contributed by atoms with E-state index in [2.05, 4.69) is 51.6 Å². The summed E-state index contributed by atoms with van der Waals surface area (Å²) in [5.41, 5.74) is 4.38. The molecule has 0 amide bonds. The van der Waals surface area contributed by atoms with E-state index in [1.807, 2.05) is 36.4 Å².